The Morgan fingerprint density at radius 1 is 0.692 bits per heavy atom. The van der Waals surface area contributed by atoms with Gasteiger partial charge in [-0.3, -0.25) is 4.79 Å². The molecular weight excluding hydrogens is 694 g/mol. The van der Waals surface area contributed by atoms with Crippen LogP contribution in [0.1, 0.15) is 72.4 Å². The molecule has 0 saturated heterocycles. The Kier molecular flexibility index (Phi) is 10.7. The molecule has 2 aromatic carbocycles. The maximum atomic E-state index is 12.6. The number of halogens is 6. The summed E-state index contributed by atoms with van der Waals surface area (Å²) in [5.41, 5.74) is 0.960. The van der Waals surface area contributed by atoms with E-state index in [1.165, 1.54) is 6.07 Å². The zero-order valence-electron chi connectivity index (χ0n) is 28.8. The van der Waals surface area contributed by atoms with E-state index in [1.807, 2.05) is 20.8 Å². The molecule has 52 heavy (non-hydrogen) atoms. The van der Waals surface area contributed by atoms with E-state index in [9.17, 15) is 36.2 Å². The molecule has 0 fully saturated rings. The predicted octanol–water partition coefficient (Wildman–Crippen LogP) is 11.4. The number of ketones is 1. The molecule has 4 heterocycles. The fraction of sp³-hybridized carbons (Fsp3) is 0.289. The van der Waals surface area contributed by atoms with Gasteiger partial charge in [0.1, 0.15) is 34.5 Å². The number of aliphatic hydroxyl groups is 1. The normalized spacial score (nSPS) is 12.7. The Bertz CT molecular complexity index is 2180. The van der Waals surface area contributed by atoms with Gasteiger partial charge in [0.25, 0.3) is 0 Å². The Balaban J connectivity index is 0.000000201. The third-order valence-corrected chi connectivity index (χ3v) is 8.07. The number of furan rings is 2. The summed E-state index contributed by atoms with van der Waals surface area (Å²) in [5.74, 6) is 1.42. The molecule has 0 saturated carbocycles. The fourth-order valence-electron chi connectivity index (χ4n) is 5.09. The van der Waals surface area contributed by atoms with Crippen molar-refractivity contribution in [2.75, 3.05) is 0 Å². The first-order valence-corrected chi connectivity index (χ1v) is 16.0. The molecule has 0 amide bonds. The first kappa shape index (κ1) is 37.9. The fourth-order valence-corrected chi connectivity index (χ4v) is 5.09. The van der Waals surface area contributed by atoms with E-state index in [2.05, 4.69) is 9.97 Å². The van der Waals surface area contributed by atoms with Crippen LogP contribution in [0.2, 0.25) is 0 Å². The summed E-state index contributed by atoms with van der Waals surface area (Å²) in [7, 11) is 0. The minimum atomic E-state index is -4.45. The SMILES string of the molecule is Cc1c(C(=O)C(C)C)oc2ccc(Oc3ccc(C(F)(F)F)cn3)cc12.Cc1c(C(O)C(C)C)oc2ccc(Oc3ccc(C(F)(F)F)cn3)cc12. The molecule has 8 nitrogen and oxygen atoms in total. The van der Waals surface area contributed by atoms with Gasteiger partial charge in [0.2, 0.25) is 17.5 Å². The van der Waals surface area contributed by atoms with Gasteiger partial charge in [0, 0.05) is 52.3 Å². The summed E-state index contributed by atoms with van der Waals surface area (Å²) in [6, 6.07) is 14.1. The second kappa shape index (κ2) is 14.7. The van der Waals surface area contributed by atoms with E-state index in [-0.39, 0.29) is 29.4 Å². The molecule has 0 radical (unpaired) electrons. The number of ether oxygens (including phenoxy) is 2. The average molecular weight is 729 g/mol. The molecule has 1 N–H and O–H groups in total. The van der Waals surface area contributed by atoms with Gasteiger partial charge < -0.3 is 23.4 Å². The zero-order valence-corrected chi connectivity index (χ0v) is 28.8. The van der Waals surface area contributed by atoms with Crippen molar-refractivity contribution in [1.82, 2.24) is 9.97 Å². The number of hydrogen-bond donors (Lipinski definition) is 1. The zero-order chi connectivity index (χ0) is 38.1. The van der Waals surface area contributed by atoms with Crippen molar-refractivity contribution in [3.05, 3.63) is 107 Å². The van der Waals surface area contributed by atoms with Crippen molar-refractivity contribution in [1.29, 1.82) is 0 Å². The Morgan fingerprint density at radius 3 is 1.56 bits per heavy atom. The summed E-state index contributed by atoms with van der Waals surface area (Å²) in [4.78, 5) is 19.6. The number of rotatable bonds is 8. The van der Waals surface area contributed by atoms with Crippen LogP contribution < -0.4 is 9.47 Å². The van der Waals surface area contributed by atoms with Crippen LogP contribution in [-0.4, -0.2) is 20.9 Å². The van der Waals surface area contributed by atoms with Gasteiger partial charge in [-0.25, -0.2) is 9.97 Å². The number of aryl methyl sites for hydroxylation is 2. The second-order valence-electron chi connectivity index (χ2n) is 12.6. The Labute approximate surface area is 294 Å². The number of aromatic nitrogens is 2. The van der Waals surface area contributed by atoms with E-state index < -0.39 is 29.6 Å². The van der Waals surface area contributed by atoms with Crippen LogP contribution >= 0.6 is 0 Å². The smallest absolute Gasteiger partial charge is 0.417 e. The molecule has 0 bridgehead atoms. The maximum Gasteiger partial charge on any atom is 0.417 e. The standard InChI is InChI=1S/C19H18F3NO3.C19H16F3NO3/c2*1-10(2)17(24)18-11(3)14-8-13(5-6-15(14)26-18)25-16-7-4-12(9-23-16)19(20,21)22/h4-10,17,24H,1-3H3;4-10H,1-3H3. The highest BCUT2D eigenvalue weighted by Gasteiger charge is 2.32. The molecule has 0 spiro atoms. The van der Waals surface area contributed by atoms with E-state index in [0.29, 0.717) is 45.1 Å². The third-order valence-electron chi connectivity index (χ3n) is 8.07. The molecule has 1 atom stereocenters. The van der Waals surface area contributed by atoms with Gasteiger partial charge in [-0.2, -0.15) is 26.3 Å². The number of fused-ring (bicyclic) bond motifs is 2. The third kappa shape index (κ3) is 8.39. The van der Waals surface area contributed by atoms with Crippen LogP contribution in [0.5, 0.6) is 23.3 Å². The molecule has 274 valence electrons. The highest BCUT2D eigenvalue weighted by atomic mass is 19.4. The summed E-state index contributed by atoms with van der Waals surface area (Å²) in [6.45, 7) is 11.0. The van der Waals surface area contributed by atoms with Crippen LogP contribution in [0.15, 0.2) is 81.9 Å². The first-order chi connectivity index (χ1) is 24.3. The number of alkyl halides is 6. The average Bonchev–Trinajstić information content (AvgIpc) is 3.59. The van der Waals surface area contributed by atoms with Crippen molar-refractivity contribution in [3.8, 4) is 23.3 Å². The minimum absolute atomic E-state index is 0.00123. The van der Waals surface area contributed by atoms with Gasteiger partial charge in [0.15, 0.2) is 5.76 Å². The van der Waals surface area contributed by atoms with Crippen LogP contribution in [0, 0.1) is 25.7 Å². The monoisotopic (exact) mass is 728 g/mol. The lowest BCUT2D eigenvalue weighted by atomic mass is 10.0. The van der Waals surface area contributed by atoms with E-state index in [1.54, 1.807) is 57.2 Å². The van der Waals surface area contributed by atoms with Gasteiger partial charge >= 0.3 is 12.4 Å². The lowest BCUT2D eigenvalue weighted by Gasteiger charge is -2.12. The summed E-state index contributed by atoms with van der Waals surface area (Å²) >= 11 is 0. The number of hydrogen-bond acceptors (Lipinski definition) is 8. The van der Waals surface area contributed by atoms with E-state index in [0.717, 1.165) is 41.5 Å². The molecule has 0 aliphatic heterocycles. The highest BCUT2D eigenvalue weighted by Crippen LogP contribution is 2.37. The summed E-state index contributed by atoms with van der Waals surface area (Å²) in [6.07, 6.45) is -8.16. The molecule has 6 aromatic rings. The number of benzene rings is 2. The first-order valence-electron chi connectivity index (χ1n) is 16.0. The molecule has 4 aromatic heterocycles. The maximum absolute atomic E-state index is 12.6. The van der Waals surface area contributed by atoms with Crippen LogP contribution in [0.25, 0.3) is 21.9 Å². The van der Waals surface area contributed by atoms with Gasteiger partial charge in [-0.1, -0.05) is 27.7 Å². The lowest BCUT2D eigenvalue weighted by Crippen LogP contribution is -2.07. The number of Topliss-reactive ketones (excluding diaryl/α,β-unsaturated/α-hetero) is 1. The van der Waals surface area contributed by atoms with Crippen LogP contribution in [-0.2, 0) is 12.4 Å². The molecule has 6 rings (SSSR count). The van der Waals surface area contributed by atoms with Gasteiger partial charge in [0.05, 0.1) is 11.1 Å². The summed E-state index contributed by atoms with van der Waals surface area (Å²) < 4.78 is 97.9. The topological polar surface area (TPSA) is 108 Å². The number of carbonyl (C=O) groups excluding carboxylic acids is 1. The van der Waals surface area contributed by atoms with Crippen molar-refractivity contribution in [2.45, 2.75) is 60.0 Å². The Morgan fingerprint density at radius 2 is 1.15 bits per heavy atom. The lowest BCUT2D eigenvalue weighted by molar-refractivity contribution is -0.138. The number of nitrogens with zero attached hydrogens (tertiary/aromatic N) is 2. The quantitative estimate of drug-likeness (QED) is 0.122. The van der Waals surface area contributed by atoms with Gasteiger partial charge in [-0.15, -0.1) is 0 Å². The number of pyridine rings is 2. The molecule has 14 heteroatoms. The van der Waals surface area contributed by atoms with Crippen LogP contribution in [0.4, 0.5) is 26.3 Å². The van der Waals surface area contributed by atoms with E-state index >= 15 is 0 Å². The molecule has 0 aliphatic rings. The minimum Gasteiger partial charge on any atom is -0.458 e. The molecule has 0 aliphatic carbocycles. The predicted molar refractivity (Wildman–Crippen MR) is 179 cm³/mol. The van der Waals surface area contributed by atoms with Crippen molar-refractivity contribution >= 4 is 27.7 Å². The van der Waals surface area contributed by atoms with Gasteiger partial charge in [-0.05, 0) is 68.3 Å². The number of aliphatic hydroxyl groups excluding tert-OH is 1. The van der Waals surface area contributed by atoms with Crippen molar-refractivity contribution in [2.24, 2.45) is 11.8 Å². The summed E-state index contributed by atoms with van der Waals surface area (Å²) in [5, 5.41) is 11.7. The van der Waals surface area contributed by atoms with E-state index in [4.69, 9.17) is 18.3 Å². The Hall–Kier alpha value is -5.37. The largest absolute Gasteiger partial charge is 0.458 e. The van der Waals surface area contributed by atoms with Crippen LogP contribution in [0.3, 0.4) is 0 Å². The number of carbonyl (C=O) groups is 1. The molecule has 1 unspecified atom stereocenters. The van der Waals surface area contributed by atoms with Crippen molar-refractivity contribution in [3.63, 3.8) is 0 Å². The second-order valence-corrected chi connectivity index (χ2v) is 12.6. The van der Waals surface area contributed by atoms with Crippen molar-refractivity contribution < 1.29 is 54.6 Å². The highest BCUT2D eigenvalue weighted by molar-refractivity contribution is 6.01. The molecular formula is C38H34F6N2O6.